The highest BCUT2D eigenvalue weighted by molar-refractivity contribution is 5.75. The molecule has 0 aromatic heterocycles. The Kier molecular flexibility index (Phi) is 6.01. The van der Waals surface area contributed by atoms with Crippen LogP contribution < -0.4 is 5.32 Å². The molecule has 2 aromatic carbocycles. The zero-order chi connectivity index (χ0) is 19.3. The number of rotatable bonds is 4. The summed E-state index contributed by atoms with van der Waals surface area (Å²) in [6.07, 6.45) is -4.21. The van der Waals surface area contributed by atoms with E-state index in [1.54, 1.807) is 4.90 Å². The molecule has 0 saturated carbocycles. The largest absolute Gasteiger partial charge is 0.401 e. The highest BCUT2D eigenvalue weighted by Gasteiger charge is 2.33. The van der Waals surface area contributed by atoms with E-state index in [1.165, 1.54) is 4.90 Å². The first-order chi connectivity index (χ1) is 12.9. The van der Waals surface area contributed by atoms with Crippen LogP contribution >= 0.6 is 0 Å². The lowest BCUT2D eigenvalue weighted by Crippen LogP contribution is -2.53. The maximum Gasteiger partial charge on any atom is 0.401 e. The van der Waals surface area contributed by atoms with Gasteiger partial charge in [-0.3, -0.25) is 4.90 Å². The van der Waals surface area contributed by atoms with E-state index in [4.69, 9.17) is 0 Å². The van der Waals surface area contributed by atoms with Gasteiger partial charge >= 0.3 is 12.2 Å². The SMILES string of the molecule is O=C(NC(c1ccccc1)c1ccccc1)N1CCN(CC(F)(F)F)CC1. The maximum absolute atomic E-state index is 12.7. The summed E-state index contributed by atoms with van der Waals surface area (Å²) in [5, 5.41) is 3.03. The predicted octanol–water partition coefficient (Wildman–Crippen LogP) is 3.67. The zero-order valence-electron chi connectivity index (χ0n) is 14.8. The molecule has 2 amide bonds. The first kappa shape index (κ1) is 19.2. The van der Waals surface area contributed by atoms with Crippen LogP contribution in [0.2, 0.25) is 0 Å². The Morgan fingerprint density at radius 3 is 1.81 bits per heavy atom. The Morgan fingerprint density at radius 1 is 0.889 bits per heavy atom. The van der Waals surface area contributed by atoms with E-state index in [9.17, 15) is 18.0 Å². The molecule has 0 aliphatic carbocycles. The monoisotopic (exact) mass is 377 g/mol. The van der Waals surface area contributed by atoms with Crippen molar-refractivity contribution in [2.24, 2.45) is 0 Å². The molecule has 7 heteroatoms. The second-order valence-corrected chi connectivity index (χ2v) is 6.58. The molecule has 1 N–H and O–H groups in total. The summed E-state index contributed by atoms with van der Waals surface area (Å²) in [6.45, 7) is 0.0537. The highest BCUT2D eigenvalue weighted by atomic mass is 19.4. The first-order valence-electron chi connectivity index (χ1n) is 8.87. The van der Waals surface area contributed by atoms with Gasteiger partial charge in [0.1, 0.15) is 0 Å². The summed E-state index contributed by atoms with van der Waals surface area (Å²) in [7, 11) is 0. The minimum Gasteiger partial charge on any atom is -0.327 e. The van der Waals surface area contributed by atoms with Crippen LogP contribution in [-0.2, 0) is 0 Å². The molecule has 0 bridgehead atoms. The third kappa shape index (κ3) is 5.47. The van der Waals surface area contributed by atoms with E-state index in [2.05, 4.69) is 5.32 Å². The van der Waals surface area contributed by atoms with Gasteiger partial charge in [-0.05, 0) is 11.1 Å². The fourth-order valence-electron chi connectivity index (χ4n) is 3.23. The van der Waals surface area contributed by atoms with Crippen molar-refractivity contribution in [2.75, 3.05) is 32.7 Å². The average Bonchev–Trinajstić information content (AvgIpc) is 2.66. The number of nitrogens with zero attached hydrogens (tertiary/aromatic N) is 2. The second kappa shape index (κ2) is 8.43. The van der Waals surface area contributed by atoms with Crippen molar-refractivity contribution in [1.29, 1.82) is 0 Å². The van der Waals surface area contributed by atoms with Crippen LogP contribution in [0.1, 0.15) is 17.2 Å². The molecule has 0 atom stereocenters. The van der Waals surface area contributed by atoms with Crippen LogP contribution in [0.25, 0.3) is 0 Å². The van der Waals surface area contributed by atoms with Gasteiger partial charge in [0.2, 0.25) is 0 Å². The third-order valence-electron chi connectivity index (χ3n) is 4.60. The Balaban J connectivity index is 1.66. The number of carbonyl (C=O) groups is 1. The molecular formula is C20H22F3N3O. The maximum atomic E-state index is 12.7. The Morgan fingerprint density at radius 2 is 1.37 bits per heavy atom. The minimum atomic E-state index is -4.21. The van der Waals surface area contributed by atoms with E-state index in [0.29, 0.717) is 0 Å². The van der Waals surface area contributed by atoms with Crippen LogP contribution in [0.4, 0.5) is 18.0 Å². The number of nitrogens with one attached hydrogen (secondary N) is 1. The zero-order valence-corrected chi connectivity index (χ0v) is 14.8. The van der Waals surface area contributed by atoms with E-state index in [0.717, 1.165) is 11.1 Å². The smallest absolute Gasteiger partial charge is 0.327 e. The Hall–Kier alpha value is -2.54. The van der Waals surface area contributed by atoms with Crippen molar-refractivity contribution in [3.8, 4) is 0 Å². The predicted molar refractivity (Wildman–Crippen MR) is 97.3 cm³/mol. The van der Waals surface area contributed by atoms with Gasteiger partial charge in [-0.2, -0.15) is 13.2 Å². The summed E-state index contributed by atoms with van der Waals surface area (Å²) in [5.41, 5.74) is 1.90. The van der Waals surface area contributed by atoms with Crippen molar-refractivity contribution in [3.63, 3.8) is 0 Å². The fraction of sp³-hybridized carbons (Fsp3) is 0.350. The van der Waals surface area contributed by atoms with Crippen molar-refractivity contribution < 1.29 is 18.0 Å². The lowest BCUT2D eigenvalue weighted by molar-refractivity contribution is -0.148. The van der Waals surface area contributed by atoms with E-state index >= 15 is 0 Å². The molecule has 0 unspecified atom stereocenters. The Bertz CT molecular complexity index is 690. The van der Waals surface area contributed by atoms with Gasteiger partial charge in [-0.25, -0.2) is 4.79 Å². The van der Waals surface area contributed by atoms with Gasteiger partial charge in [0.05, 0.1) is 12.6 Å². The topological polar surface area (TPSA) is 35.6 Å². The summed E-state index contributed by atoms with van der Waals surface area (Å²) in [6, 6.07) is 18.7. The molecule has 1 aliphatic rings. The number of halogens is 3. The van der Waals surface area contributed by atoms with Crippen molar-refractivity contribution >= 4 is 6.03 Å². The standard InChI is InChI=1S/C20H22F3N3O/c21-20(22,23)15-25-11-13-26(14-12-25)19(27)24-18(16-7-3-1-4-8-16)17-9-5-2-6-10-17/h1-10,18H,11-15H2,(H,24,27). The molecule has 0 spiro atoms. The van der Waals surface area contributed by atoms with Crippen LogP contribution in [0, 0.1) is 0 Å². The molecule has 27 heavy (non-hydrogen) atoms. The minimum absolute atomic E-state index is 0.217. The average molecular weight is 377 g/mol. The summed E-state index contributed by atoms with van der Waals surface area (Å²) in [5.74, 6) is 0. The number of hydrogen-bond acceptors (Lipinski definition) is 2. The number of piperazine rings is 1. The molecule has 1 fully saturated rings. The number of urea groups is 1. The summed E-state index contributed by atoms with van der Waals surface area (Å²) < 4.78 is 37.5. The number of hydrogen-bond donors (Lipinski definition) is 1. The van der Waals surface area contributed by atoms with Crippen LogP contribution in [-0.4, -0.2) is 54.7 Å². The van der Waals surface area contributed by atoms with Gasteiger partial charge in [-0.15, -0.1) is 0 Å². The molecule has 4 nitrogen and oxygen atoms in total. The lowest BCUT2D eigenvalue weighted by Gasteiger charge is -2.35. The summed E-state index contributed by atoms with van der Waals surface area (Å²) in [4.78, 5) is 15.6. The highest BCUT2D eigenvalue weighted by Crippen LogP contribution is 2.22. The van der Waals surface area contributed by atoms with Crippen LogP contribution in [0.3, 0.4) is 0 Å². The molecule has 1 heterocycles. The van der Waals surface area contributed by atoms with Crippen LogP contribution in [0.5, 0.6) is 0 Å². The molecule has 0 radical (unpaired) electrons. The van der Waals surface area contributed by atoms with Crippen molar-refractivity contribution in [2.45, 2.75) is 12.2 Å². The van der Waals surface area contributed by atoms with Gasteiger partial charge in [0.25, 0.3) is 0 Å². The van der Waals surface area contributed by atoms with E-state index in [1.807, 2.05) is 60.7 Å². The van der Waals surface area contributed by atoms with E-state index < -0.39 is 12.7 Å². The van der Waals surface area contributed by atoms with Gasteiger partial charge in [0.15, 0.2) is 0 Å². The fourth-order valence-corrected chi connectivity index (χ4v) is 3.23. The molecule has 144 valence electrons. The molecular weight excluding hydrogens is 355 g/mol. The Labute approximate surface area is 156 Å². The van der Waals surface area contributed by atoms with Crippen molar-refractivity contribution in [3.05, 3.63) is 71.8 Å². The van der Waals surface area contributed by atoms with Gasteiger partial charge in [0, 0.05) is 26.2 Å². The van der Waals surface area contributed by atoms with Crippen molar-refractivity contribution in [1.82, 2.24) is 15.1 Å². The first-order valence-corrected chi connectivity index (χ1v) is 8.87. The van der Waals surface area contributed by atoms with Gasteiger partial charge in [-0.1, -0.05) is 60.7 Å². The van der Waals surface area contributed by atoms with Crippen LogP contribution in [0.15, 0.2) is 60.7 Å². The molecule has 1 saturated heterocycles. The lowest BCUT2D eigenvalue weighted by atomic mass is 9.99. The molecule has 1 aliphatic heterocycles. The number of amides is 2. The summed E-state index contributed by atoms with van der Waals surface area (Å²) >= 11 is 0. The molecule has 2 aromatic rings. The number of carbonyl (C=O) groups excluding carboxylic acids is 1. The quantitative estimate of drug-likeness (QED) is 0.883. The number of benzene rings is 2. The van der Waals surface area contributed by atoms with Gasteiger partial charge < -0.3 is 10.2 Å². The normalized spacial score (nSPS) is 15.8. The third-order valence-corrected chi connectivity index (χ3v) is 4.60. The number of alkyl halides is 3. The molecule has 3 rings (SSSR count). The van der Waals surface area contributed by atoms with E-state index in [-0.39, 0.29) is 38.3 Å². The second-order valence-electron chi connectivity index (χ2n) is 6.58.